The van der Waals surface area contributed by atoms with Crippen LogP contribution in [0.2, 0.25) is 5.02 Å². The Balaban J connectivity index is 2.00. The van der Waals surface area contributed by atoms with Crippen LogP contribution in [0.25, 0.3) is 0 Å². The van der Waals surface area contributed by atoms with Gasteiger partial charge in [-0.1, -0.05) is 11.6 Å². The number of carbonyl (C=O) groups excluding carboxylic acids is 1. The van der Waals surface area contributed by atoms with Crippen molar-refractivity contribution in [1.82, 2.24) is 0 Å². The van der Waals surface area contributed by atoms with E-state index >= 15 is 0 Å². The van der Waals surface area contributed by atoms with E-state index in [-0.39, 0.29) is 11.3 Å². The van der Waals surface area contributed by atoms with E-state index in [0.717, 1.165) is 26.0 Å². The highest BCUT2D eigenvalue weighted by atomic mass is 35.5. The Bertz CT molecular complexity index is 992. The van der Waals surface area contributed by atoms with E-state index in [0.29, 0.717) is 5.02 Å². The number of anilines is 1. The van der Waals surface area contributed by atoms with Crippen LogP contribution in [0.5, 0.6) is 0 Å². The fourth-order valence-electron chi connectivity index (χ4n) is 3.16. The summed E-state index contributed by atoms with van der Waals surface area (Å²) in [5.41, 5.74) is 0.425. The molecule has 1 aliphatic heterocycles. The number of alkyl halides is 3. The number of benzene rings is 2. The van der Waals surface area contributed by atoms with Gasteiger partial charge in [-0.25, -0.2) is 17.6 Å². The minimum atomic E-state index is -3.72. The van der Waals surface area contributed by atoms with E-state index in [1.165, 1.54) is 30.3 Å². The fraction of sp³-hybridized carbons (Fsp3) is 0.300. The van der Waals surface area contributed by atoms with Crippen LogP contribution in [-0.4, -0.2) is 23.3 Å². The van der Waals surface area contributed by atoms with Gasteiger partial charge >= 0.3 is 0 Å². The van der Waals surface area contributed by atoms with Gasteiger partial charge in [-0.3, -0.25) is 9.79 Å². The van der Waals surface area contributed by atoms with Crippen LogP contribution >= 0.6 is 11.6 Å². The standard InChI is InChI=1S/C20H18ClF4N3O/c1-18(23)10-20(24,25)19(2,28-17(18)26)14-9-13(7-8-15(14)22)27-16(29)11-3-5-12(21)6-4-11/h3-9H,10H2,1-2H3,(H2,26,28)(H,27,29). The summed E-state index contributed by atoms with van der Waals surface area (Å²) in [7, 11) is 0. The summed E-state index contributed by atoms with van der Waals surface area (Å²) < 4.78 is 58.4. The molecule has 154 valence electrons. The molecule has 3 N–H and O–H groups in total. The van der Waals surface area contributed by atoms with Crippen molar-refractivity contribution >= 4 is 29.0 Å². The van der Waals surface area contributed by atoms with Gasteiger partial charge in [-0.05, 0) is 56.3 Å². The first kappa shape index (κ1) is 21.1. The van der Waals surface area contributed by atoms with E-state index in [1.54, 1.807) is 0 Å². The number of rotatable bonds is 3. The molecule has 1 amide bonds. The van der Waals surface area contributed by atoms with Crippen molar-refractivity contribution in [3.8, 4) is 0 Å². The summed E-state index contributed by atoms with van der Waals surface area (Å²) in [4.78, 5) is 16.0. The number of hydrogen-bond donors (Lipinski definition) is 2. The highest BCUT2D eigenvalue weighted by molar-refractivity contribution is 6.30. The van der Waals surface area contributed by atoms with Crippen molar-refractivity contribution in [1.29, 1.82) is 0 Å². The van der Waals surface area contributed by atoms with Crippen molar-refractivity contribution in [3.63, 3.8) is 0 Å². The van der Waals surface area contributed by atoms with E-state index in [9.17, 15) is 22.4 Å². The maximum Gasteiger partial charge on any atom is 0.280 e. The van der Waals surface area contributed by atoms with Crippen LogP contribution < -0.4 is 11.1 Å². The largest absolute Gasteiger partial charge is 0.385 e. The monoisotopic (exact) mass is 427 g/mol. The summed E-state index contributed by atoms with van der Waals surface area (Å²) in [5, 5.41) is 2.95. The van der Waals surface area contributed by atoms with Gasteiger partial charge in [0.15, 0.2) is 11.2 Å². The second kappa shape index (κ2) is 7.02. The lowest BCUT2D eigenvalue weighted by atomic mass is 9.77. The molecule has 2 aromatic carbocycles. The zero-order valence-electron chi connectivity index (χ0n) is 15.6. The van der Waals surface area contributed by atoms with Crippen molar-refractivity contribution in [3.05, 3.63) is 64.4 Å². The van der Waals surface area contributed by atoms with Crippen LogP contribution in [-0.2, 0) is 5.54 Å². The molecule has 2 unspecified atom stereocenters. The maximum atomic E-state index is 14.8. The number of amidine groups is 1. The molecule has 0 saturated carbocycles. The summed E-state index contributed by atoms with van der Waals surface area (Å²) in [6.45, 7) is 1.89. The molecule has 0 spiro atoms. The molecule has 2 atom stereocenters. The number of carbonyl (C=O) groups is 1. The third-order valence-corrected chi connectivity index (χ3v) is 5.25. The first-order chi connectivity index (χ1) is 13.4. The van der Waals surface area contributed by atoms with E-state index < -0.39 is 46.7 Å². The fourth-order valence-corrected chi connectivity index (χ4v) is 3.28. The molecular formula is C20H18ClF4N3O. The zero-order valence-corrected chi connectivity index (χ0v) is 16.3. The molecule has 0 aromatic heterocycles. The lowest BCUT2D eigenvalue weighted by Crippen LogP contribution is -2.56. The van der Waals surface area contributed by atoms with Gasteiger partial charge in [0.1, 0.15) is 11.7 Å². The van der Waals surface area contributed by atoms with Gasteiger partial charge in [0, 0.05) is 21.8 Å². The van der Waals surface area contributed by atoms with Crippen molar-refractivity contribution in [2.75, 3.05) is 5.32 Å². The quantitative estimate of drug-likeness (QED) is 0.671. The predicted molar refractivity (Wildman–Crippen MR) is 104 cm³/mol. The van der Waals surface area contributed by atoms with E-state index in [4.69, 9.17) is 17.3 Å². The molecule has 0 aliphatic carbocycles. The zero-order chi connectivity index (χ0) is 21.6. The van der Waals surface area contributed by atoms with E-state index in [1.807, 2.05) is 0 Å². The number of hydrogen-bond acceptors (Lipinski definition) is 3. The van der Waals surface area contributed by atoms with Crippen LogP contribution in [0.3, 0.4) is 0 Å². The Morgan fingerprint density at radius 2 is 1.76 bits per heavy atom. The van der Waals surface area contributed by atoms with Gasteiger partial charge in [0.2, 0.25) is 0 Å². The van der Waals surface area contributed by atoms with Crippen LogP contribution in [0, 0.1) is 5.82 Å². The van der Waals surface area contributed by atoms with Gasteiger partial charge < -0.3 is 11.1 Å². The lowest BCUT2D eigenvalue weighted by molar-refractivity contribution is -0.106. The number of nitrogens with one attached hydrogen (secondary N) is 1. The second-order valence-corrected chi connectivity index (χ2v) is 7.74. The normalized spacial score (nSPS) is 26.0. The summed E-state index contributed by atoms with van der Waals surface area (Å²) in [6, 6.07) is 9.20. The molecule has 0 radical (unpaired) electrons. The van der Waals surface area contributed by atoms with Crippen LogP contribution in [0.1, 0.15) is 36.2 Å². The molecule has 0 fully saturated rings. The molecule has 2 aromatic rings. The first-order valence-corrected chi connectivity index (χ1v) is 9.03. The third-order valence-electron chi connectivity index (χ3n) is 5.00. The highest BCUT2D eigenvalue weighted by Gasteiger charge is 2.60. The number of amides is 1. The van der Waals surface area contributed by atoms with Crippen molar-refractivity contribution in [2.45, 2.75) is 37.4 Å². The summed E-state index contributed by atoms with van der Waals surface area (Å²) in [5.74, 6) is -5.88. The summed E-state index contributed by atoms with van der Waals surface area (Å²) in [6.07, 6.45) is -1.24. The molecule has 1 aliphatic rings. The smallest absolute Gasteiger partial charge is 0.280 e. The van der Waals surface area contributed by atoms with Gasteiger partial charge in [-0.2, -0.15) is 0 Å². The molecular weight excluding hydrogens is 410 g/mol. The topological polar surface area (TPSA) is 67.5 Å². The molecule has 4 nitrogen and oxygen atoms in total. The molecule has 1 heterocycles. The third kappa shape index (κ3) is 3.81. The molecule has 9 heteroatoms. The Morgan fingerprint density at radius 1 is 1.14 bits per heavy atom. The Morgan fingerprint density at radius 3 is 2.38 bits per heavy atom. The van der Waals surface area contributed by atoms with E-state index in [2.05, 4.69) is 10.3 Å². The predicted octanol–water partition coefficient (Wildman–Crippen LogP) is 5.07. The Labute approximate surface area is 169 Å². The first-order valence-electron chi connectivity index (χ1n) is 8.65. The molecule has 0 bridgehead atoms. The second-order valence-electron chi connectivity index (χ2n) is 7.30. The van der Waals surface area contributed by atoms with Gasteiger partial charge in [0.25, 0.3) is 11.8 Å². The number of nitrogens with two attached hydrogens (primary N) is 1. The maximum absolute atomic E-state index is 14.8. The van der Waals surface area contributed by atoms with Crippen molar-refractivity contribution < 1.29 is 22.4 Å². The molecule has 29 heavy (non-hydrogen) atoms. The lowest BCUT2D eigenvalue weighted by Gasteiger charge is -2.42. The molecule has 3 rings (SSSR count). The average molecular weight is 428 g/mol. The highest BCUT2D eigenvalue weighted by Crippen LogP contribution is 2.50. The minimum absolute atomic E-state index is 0.0701. The Hall–Kier alpha value is -2.61. The van der Waals surface area contributed by atoms with Gasteiger partial charge in [-0.15, -0.1) is 0 Å². The number of halogens is 5. The van der Waals surface area contributed by atoms with Crippen LogP contribution in [0.4, 0.5) is 23.2 Å². The number of nitrogens with zero attached hydrogens (tertiary/aromatic N) is 1. The minimum Gasteiger partial charge on any atom is -0.385 e. The SMILES string of the molecule is CC1(F)CC(F)(F)C(C)(c2cc(NC(=O)c3ccc(Cl)cc3)ccc2F)N=C1N. The summed E-state index contributed by atoms with van der Waals surface area (Å²) >= 11 is 5.78. The van der Waals surface area contributed by atoms with Crippen molar-refractivity contribution in [2.24, 2.45) is 10.7 Å². The number of aliphatic imine (C=N–C) groups is 1. The molecule has 0 saturated heterocycles. The Kier molecular flexibility index (Phi) is 5.11. The van der Waals surface area contributed by atoms with Crippen LogP contribution in [0.15, 0.2) is 47.5 Å². The van der Waals surface area contributed by atoms with Gasteiger partial charge in [0.05, 0.1) is 6.42 Å². The average Bonchev–Trinajstić information content (AvgIpc) is 2.61.